The van der Waals surface area contributed by atoms with Gasteiger partial charge in [0.15, 0.2) is 0 Å². The van der Waals surface area contributed by atoms with E-state index in [0.717, 1.165) is 0 Å². The lowest BCUT2D eigenvalue weighted by molar-refractivity contribution is -0.142. The fourth-order valence-corrected chi connectivity index (χ4v) is 1.18. The predicted molar refractivity (Wildman–Crippen MR) is 39.9 cm³/mol. The Morgan fingerprint density at radius 1 is 1.82 bits per heavy atom. The minimum absolute atomic E-state index is 0.0394. The summed E-state index contributed by atoms with van der Waals surface area (Å²) in [4.78, 5) is 10.7. The summed E-state index contributed by atoms with van der Waals surface area (Å²) < 4.78 is 4.48. The van der Waals surface area contributed by atoms with E-state index in [0.29, 0.717) is 6.42 Å². The van der Waals surface area contributed by atoms with Crippen LogP contribution in [0, 0.1) is 5.92 Å². The average molecular weight is 156 g/mol. The summed E-state index contributed by atoms with van der Waals surface area (Å²) in [5, 5.41) is 9.26. The molecule has 0 bridgehead atoms. The Hall–Kier alpha value is -0.830. The zero-order chi connectivity index (χ0) is 8.27. The van der Waals surface area contributed by atoms with Crippen LogP contribution in [0.5, 0.6) is 0 Å². The van der Waals surface area contributed by atoms with Crippen LogP contribution in [0.1, 0.15) is 12.8 Å². The molecule has 0 saturated carbocycles. The maximum atomic E-state index is 10.7. The summed E-state index contributed by atoms with van der Waals surface area (Å²) in [6.45, 7) is 0. The van der Waals surface area contributed by atoms with Crippen LogP contribution in [0.2, 0.25) is 0 Å². The first-order valence-corrected chi connectivity index (χ1v) is 3.65. The molecule has 0 aromatic carbocycles. The van der Waals surface area contributed by atoms with Crippen LogP contribution in [-0.4, -0.2) is 24.3 Å². The molecule has 0 amide bonds. The van der Waals surface area contributed by atoms with E-state index in [1.807, 2.05) is 12.2 Å². The van der Waals surface area contributed by atoms with Gasteiger partial charge in [0.2, 0.25) is 0 Å². The van der Waals surface area contributed by atoms with E-state index in [1.165, 1.54) is 7.11 Å². The molecule has 0 heterocycles. The van der Waals surface area contributed by atoms with Gasteiger partial charge >= 0.3 is 5.97 Å². The molecule has 1 aliphatic carbocycles. The molecule has 3 heteroatoms. The molecule has 0 radical (unpaired) electrons. The number of rotatable bonds is 2. The Bertz CT molecular complexity index is 174. The molecule has 1 rings (SSSR count). The number of hydrogen-bond donors (Lipinski definition) is 1. The number of esters is 1. The summed E-state index contributed by atoms with van der Waals surface area (Å²) in [7, 11) is 1.35. The minimum Gasteiger partial charge on any atom is -0.469 e. The molecule has 0 aromatic rings. The molecule has 2 atom stereocenters. The van der Waals surface area contributed by atoms with Crippen LogP contribution in [0.4, 0.5) is 0 Å². The highest BCUT2D eigenvalue weighted by atomic mass is 16.5. The SMILES string of the molecule is COC(=O)C[C@@H]1C=CC[C@H]1O. The summed E-state index contributed by atoms with van der Waals surface area (Å²) >= 11 is 0. The van der Waals surface area contributed by atoms with Crippen molar-refractivity contribution in [3.05, 3.63) is 12.2 Å². The summed E-state index contributed by atoms with van der Waals surface area (Å²) in [5.41, 5.74) is 0. The second-order valence-corrected chi connectivity index (χ2v) is 2.68. The van der Waals surface area contributed by atoms with Gasteiger partial charge in [-0.05, 0) is 6.42 Å². The lowest BCUT2D eigenvalue weighted by Gasteiger charge is -2.11. The topological polar surface area (TPSA) is 46.5 Å². The normalized spacial score (nSPS) is 28.9. The molecule has 0 fully saturated rings. The fraction of sp³-hybridized carbons (Fsp3) is 0.625. The largest absolute Gasteiger partial charge is 0.469 e. The summed E-state index contributed by atoms with van der Waals surface area (Å²) in [5.74, 6) is -0.303. The second-order valence-electron chi connectivity index (χ2n) is 2.68. The highest BCUT2D eigenvalue weighted by molar-refractivity contribution is 5.69. The first-order valence-electron chi connectivity index (χ1n) is 3.65. The number of aliphatic hydroxyl groups excluding tert-OH is 1. The summed E-state index contributed by atoms with van der Waals surface area (Å²) in [6, 6.07) is 0. The van der Waals surface area contributed by atoms with Crippen molar-refractivity contribution in [3.8, 4) is 0 Å². The monoisotopic (exact) mass is 156 g/mol. The van der Waals surface area contributed by atoms with E-state index in [2.05, 4.69) is 4.74 Å². The van der Waals surface area contributed by atoms with Crippen molar-refractivity contribution in [2.75, 3.05) is 7.11 Å². The van der Waals surface area contributed by atoms with Gasteiger partial charge in [-0.25, -0.2) is 0 Å². The molecule has 0 aromatic heterocycles. The van der Waals surface area contributed by atoms with E-state index < -0.39 is 6.10 Å². The van der Waals surface area contributed by atoms with Crippen molar-refractivity contribution in [3.63, 3.8) is 0 Å². The van der Waals surface area contributed by atoms with Gasteiger partial charge in [-0.3, -0.25) is 4.79 Å². The van der Waals surface area contributed by atoms with Crippen molar-refractivity contribution in [2.24, 2.45) is 5.92 Å². The van der Waals surface area contributed by atoms with E-state index in [-0.39, 0.29) is 18.3 Å². The number of methoxy groups -OCH3 is 1. The van der Waals surface area contributed by atoms with Crippen LogP contribution in [0.15, 0.2) is 12.2 Å². The lowest BCUT2D eigenvalue weighted by atomic mass is 10.0. The van der Waals surface area contributed by atoms with Gasteiger partial charge in [-0.1, -0.05) is 12.2 Å². The van der Waals surface area contributed by atoms with Gasteiger partial charge < -0.3 is 9.84 Å². The maximum absolute atomic E-state index is 10.7. The van der Waals surface area contributed by atoms with Crippen molar-refractivity contribution in [2.45, 2.75) is 18.9 Å². The minimum atomic E-state index is -0.394. The van der Waals surface area contributed by atoms with E-state index in [1.54, 1.807) is 0 Å². The molecule has 0 unspecified atom stereocenters. The number of aliphatic hydroxyl groups is 1. The van der Waals surface area contributed by atoms with E-state index in [9.17, 15) is 9.90 Å². The Labute approximate surface area is 65.7 Å². The quantitative estimate of drug-likeness (QED) is 0.467. The molecule has 0 saturated heterocycles. The third-order valence-corrected chi connectivity index (χ3v) is 1.89. The maximum Gasteiger partial charge on any atom is 0.306 e. The van der Waals surface area contributed by atoms with Crippen LogP contribution in [-0.2, 0) is 9.53 Å². The lowest BCUT2D eigenvalue weighted by Crippen LogP contribution is -2.17. The van der Waals surface area contributed by atoms with Crippen LogP contribution >= 0.6 is 0 Å². The number of carbonyl (C=O) groups excluding carboxylic acids is 1. The van der Waals surface area contributed by atoms with Gasteiger partial charge in [-0.2, -0.15) is 0 Å². The zero-order valence-electron chi connectivity index (χ0n) is 6.49. The summed E-state index contributed by atoms with van der Waals surface area (Å²) in [6.07, 6.45) is 4.30. The predicted octanol–water partition coefficient (Wildman–Crippen LogP) is 0.486. The number of carbonyl (C=O) groups is 1. The molecule has 1 aliphatic rings. The fourth-order valence-electron chi connectivity index (χ4n) is 1.18. The van der Waals surface area contributed by atoms with Gasteiger partial charge in [0, 0.05) is 5.92 Å². The first-order chi connectivity index (χ1) is 5.24. The van der Waals surface area contributed by atoms with Crippen molar-refractivity contribution in [1.29, 1.82) is 0 Å². The van der Waals surface area contributed by atoms with Crippen LogP contribution in [0.25, 0.3) is 0 Å². The smallest absolute Gasteiger partial charge is 0.306 e. The third kappa shape index (κ3) is 2.05. The van der Waals surface area contributed by atoms with E-state index in [4.69, 9.17) is 0 Å². The first kappa shape index (κ1) is 8.27. The Morgan fingerprint density at radius 3 is 3.00 bits per heavy atom. The number of ether oxygens (including phenoxy) is 1. The third-order valence-electron chi connectivity index (χ3n) is 1.89. The molecule has 0 spiro atoms. The van der Waals surface area contributed by atoms with Crippen LogP contribution < -0.4 is 0 Å². The molecule has 3 nitrogen and oxygen atoms in total. The highest BCUT2D eigenvalue weighted by Crippen LogP contribution is 2.21. The van der Waals surface area contributed by atoms with Crippen LogP contribution in [0.3, 0.4) is 0 Å². The average Bonchev–Trinajstić information content (AvgIpc) is 2.37. The standard InChI is InChI=1S/C8H12O3/c1-11-8(10)5-6-3-2-4-7(6)9/h2-3,6-7,9H,4-5H2,1H3/t6-,7+/m0/s1. The molecule has 0 aliphatic heterocycles. The highest BCUT2D eigenvalue weighted by Gasteiger charge is 2.22. The Morgan fingerprint density at radius 2 is 2.55 bits per heavy atom. The van der Waals surface area contributed by atoms with Gasteiger partial charge in [-0.15, -0.1) is 0 Å². The van der Waals surface area contributed by atoms with E-state index >= 15 is 0 Å². The van der Waals surface area contributed by atoms with Gasteiger partial charge in [0.25, 0.3) is 0 Å². The Balaban J connectivity index is 2.36. The van der Waals surface area contributed by atoms with Crippen molar-refractivity contribution >= 4 is 5.97 Å². The second kappa shape index (κ2) is 3.53. The molecule has 62 valence electrons. The van der Waals surface area contributed by atoms with Crippen molar-refractivity contribution < 1.29 is 14.6 Å². The van der Waals surface area contributed by atoms with Gasteiger partial charge in [0.1, 0.15) is 0 Å². The number of hydrogen-bond acceptors (Lipinski definition) is 3. The molecule has 11 heavy (non-hydrogen) atoms. The zero-order valence-corrected chi connectivity index (χ0v) is 6.49. The van der Waals surface area contributed by atoms with Gasteiger partial charge in [0.05, 0.1) is 19.6 Å². The molecular formula is C8H12O3. The Kier molecular flexibility index (Phi) is 2.65. The van der Waals surface area contributed by atoms with Crippen molar-refractivity contribution in [1.82, 2.24) is 0 Å². The molecular weight excluding hydrogens is 144 g/mol. The molecule has 1 N–H and O–H groups in total.